The van der Waals surface area contributed by atoms with E-state index >= 15 is 0 Å². The highest BCUT2D eigenvalue weighted by Crippen LogP contribution is 2.34. The third-order valence-electron chi connectivity index (χ3n) is 2.84. The smallest absolute Gasteiger partial charge is 0.140 e. The summed E-state index contributed by atoms with van der Waals surface area (Å²) in [5.74, 6) is 0.564. The maximum absolute atomic E-state index is 6.14. The van der Waals surface area contributed by atoms with Gasteiger partial charge in [0.2, 0.25) is 0 Å². The molecule has 0 heterocycles. The molecular weight excluding hydrogens is 361 g/mol. The van der Waals surface area contributed by atoms with Gasteiger partial charge in [-0.25, -0.2) is 0 Å². The van der Waals surface area contributed by atoms with E-state index in [1.165, 1.54) is 0 Å². The van der Waals surface area contributed by atoms with Crippen LogP contribution >= 0.6 is 39.1 Å². The molecule has 0 amide bonds. The Balaban J connectivity index is 2.33. The number of nitrogens with two attached hydrogens (primary N) is 1. The van der Waals surface area contributed by atoms with Crippen LogP contribution in [-0.2, 0) is 0 Å². The number of rotatable bonds is 4. The monoisotopic (exact) mass is 373 g/mol. The summed E-state index contributed by atoms with van der Waals surface area (Å²) in [6.07, 6.45) is -0.302. The lowest BCUT2D eigenvalue weighted by Crippen LogP contribution is -2.29. The van der Waals surface area contributed by atoms with E-state index in [-0.39, 0.29) is 12.1 Å². The maximum atomic E-state index is 6.14. The molecule has 0 aliphatic heterocycles. The molecule has 5 heteroatoms. The normalized spacial score (nSPS) is 13.8. The fraction of sp³-hybridized carbons (Fsp3) is 0.200. The lowest BCUT2D eigenvalue weighted by molar-refractivity contribution is 0.180. The predicted molar refractivity (Wildman–Crippen MR) is 87.6 cm³/mol. The first-order valence-corrected chi connectivity index (χ1v) is 7.65. The Morgan fingerprint density at radius 2 is 1.85 bits per heavy atom. The standard InChI is InChI=1S/C15H14BrCl2NO/c1-9(19)15(11-4-2-3-5-12(11)16)20-14-7-6-10(17)8-13(14)18/h2-9,15H,19H2,1H3. The Kier molecular flexibility index (Phi) is 5.33. The van der Waals surface area contributed by atoms with Gasteiger partial charge in [-0.1, -0.05) is 57.3 Å². The highest BCUT2D eigenvalue weighted by molar-refractivity contribution is 9.10. The molecule has 0 spiro atoms. The van der Waals surface area contributed by atoms with Crippen LogP contribution in [-0.4, -0.2) is 6.04 Å². The van der Waals surface area contributed by atoms with Crippen LogP contribution in [0.25, 0.3) is 0 Å². The van der Waals surface area contributed by atoms with Gasteiger partial charge < -0.3 is 10.5 Å². The molecule has 0 saturated carbocycles. The van der Waals surface area contributed by atoms with Crippen molar-refractivity contribution in [2.24, 2.45) is 5.73 Å². The van der Waals surface area contributed by atoms with Crippen molar-refractivity contribution in [1.82, 2.24) is 0 Å². The fourth-order valence-corrected chi connectivity index (χ4v) is 2.83. The highest BCUT2D eigenvalue weighted by atomic mass is 79.9. The van der Waals surface area contributed by atoms with Crippen LogP contribution in [0.4, 0.5) is 0 Å². The summed E-state index contributed by atoms with van der Waals surface area (Å²) in [4.78, 5) is 0. The van der Waals surface area contributed by atoms with Gasteiger partial charge in [-0.3, -0.25) is 0 Å². The zero-order valence-corrected chi connectivity index (χ0v) is 13.9. The zero-order valence-electron chi connectivity index (χ0n) is 10.8. The van der Waals surface area contributed by atoms with Gasteiger partial charge in [0.1, 0.15) is 11.9 Å². The molecule has 106 valence electrons. The van der Waals surface area contributed by atoms with E-state index in [1.807, 2.05) is 31.2 Å². The largest absolute Gasteiger partial charge is 0.483 e. The highest BCUT2D eigenvalue weighted by Gasteiger charge is 2.21. The lowest BCUT2D eigenvalue weighted by Gasteiger charge is -2.24. The van der Waals surface area contributed by atoms with E-state index in [4.69, 9.17) is 33.7 Å². The van der Waals surface area contributed by atoms with Crippen LogP contribution < -0.4 is 10.5 Å². The Bertz CT molecular complexity index is 604. The molecule has 0 bridgehead atoms. The Labute approximate surface area is 137 Å². The van der Waals surface area contributed by atoms with Crippen LogP contribution in [0.5, 0.6) is 5.75 Å². The molecular formula is C15H14BrCl2NO. The van der Waals surface area contributed by atoms with E-state index in [1.54, 1.807) is 18.2 Å². The summed E-state index contributed by atoms with van der Waals surface area (Å²) in [5.41, 5.74) is 7.03. The predicted octanol–water partition coefficient (Wildman–Crippen LogP) is 5.22. The van der Waals surface area contributed by atoms with Crippen molar-refractivity contribution in [1.29, 1.82) is 0 Å². The molecule has 0 aromatic heterocycles. The van der Waals surface area contributed by atoms with Crippen molar-refractivity contribution in [2.45, 2.75) is 19.1 Å². The van der Waals surface area contributed by atoms with Crippen molar-refractivity contribution in [2.75, 3.05) is 0 Å². The van der Waals surface area contributed by atoms with Crippen LogP contribution in [0.2, 0.25) is 10.0 Å². The molecule has 2 aromatic carbocycles. The van der Waals surface area contributed by atoms with Crippen molar-refractivity contribution >= 4 is 39.1 Å². The molecule has 2 unspecified atom stereocenters. The minimum atomic E-state index is -0.302. The van der Waals surface area contributed by atoms with Gasteiger partial charge >= 0.3 is 0 Å². The second-order valence-electron chi connectivity index (χ2n) is 4.49. The molecule has 0 radical (unpaired) electrons. The molecule has 2 atom stereocenters. The average Bonchev–Trinajstić information content (AvgIpc) is 2.39. The van der Waals surface area contributed by atoms with E-state index in [0.29, 0.717) is 15.8 Å². The summed E-state index contributed by atoms with van der Waals surface area (Å²) in [6, 6.07) is 12.8. The molecule has 0 saturated heterocycles. The van der Waals surface area contributed by atoms with Crippen molar-refractivity contribution in [3.63, 3.8) is 0 Å². The first-order valence-electron chi connectivity index (χ1n) is 6.10. The molecule has 2 N–H and O–H groups in total. The molecule has 0 aliphatic carbocycles. The van der Waals surface area contributed by atoms with Gasteiger partial charge in [0.05, 0.1) is 5.02 Å². The number of hydrogen-bond acceptors (Lipinski definition) is 2. The van der Waals surface area contributed by atoms with Crippen molar-refractivity contribution in [3.8, 4) is 5.75 Å². The van der Waals surface area contributed by atoms with Gasteiger partial charge in [0.25, 0.3) is 0 Å². The van der Waals surface area contributed by atoms with E-state index in [9.17, 15) is 0 Å². The lowest BCUT2D eigenvalue weighted by atomic mass is 10.0. The average molecular weight is 375 g/mol. The Morgan fingerprint density at radius 3 is 2.45 bits per heavy atom. The van der Waals surface area contributed by atoms with Gasteiger partial charge in [-0.15, -0.1) is 0 Å². The first-order chi connectivity index (χ1) is 9.49. The molecule has 2 nitrogen and oxygen atoms in total. The molecule has 20 heavy (non-hydrogen) atoms. The summed E-state index contributed by atoms with van der Waals surface area (Å²) in [6.45, 7) is 1.90. The third kappa shape index (κ3) is 3.67. The maximum Gasteiger partial charge on any atom is 0.140 e. The number of ether oxygens (including phenoxy) is 1. The Hall–Kier alpha value is -0.740. The van der Waals surface area contributed by atoms with Crippen LogP contribution in [0.3, 0.4) is 0 Å². The van der Waals surface area contributed by atoms with Crippen LogP contribution in [0, 0.1) is 0 Å². The molecule has 0 aliphatic rings. The second-order valence-corrected chi connectivity index (χ2v) is 6.19. The number of halogens is 3. The second kappa shape index (κ2) is 6.81. The van der Waals surface area contributed by atoms with Crippen LogP contribution in [0.1, 0.15) is 18.6 Å². The topological polar surface area (TPSA) is 35.2 Å². The quantitative estimate of drug-likeness (QED) is 0.795. The van der Waals surface area contributed by atoms with Crippen molar-refractivity contribution in [3.05, 3.63) is 62.5 Å². The zero-order chi connectivity index (χ0) is 14.7. The number of benzene rings is 2. The van der Waals surface area contributed by atoms with E-state index in [0.717, 1.165) is 10.0 Å². The fourth-order valence-electron chi connectivity index (χ4n) is 1.87. The van der Waals surface area contributed by atoms with Crippen LogP contribution in [0.15, 0.2) is 46.9 Å². The SMILES string of the molecule is CC(N)C(Oc1ccc(Cl)cc1Cl)c1ccccc1Br. The van der Waals surface area contributed by atoms with Gasteiger partial charge in [-0.2, -0.15) is 0 Å². The number of hydrogen-bond donors (Lipinski definition) is 1. The molecule has 0 fully saturated rings. The van der Waals surface area contributed by atoms with E-state index in [2.05, 4.69) is 15.9 Å². The minimum Gasteiger partial charge on any atom is -0.483 e. The molecule has 2 aromatic rings. The van der Waals surface area contributed by atoms with Gasteiger partial charge in [0, 0.05) is 21.1 Å². The van der Waals surface area contributed by atoms with Crippen molar-refractivity contribution < 1.29 is 4.74 Å². The summed E-state index contributed by atoms with van der Waals surface area (Å²) in [5, 5.41) is 1.04. The summed E-state index contributed by atoms with van der Waals surface area (Å²) >= 11 is 15.5. The third-order valence-corrected chi connectivity index (χ3v) is 4.09. The van der Waals surface area contributed by atoms with Gasteiger partial charge in [0.15, 0.2) is 0 Å². The summed E-state index contributed by atoms with van der Waals surface area (Å²) < 4.78 is 6.93. The first kappa shape index (κ1) is 15.6. The molecule has 2 rings (SSSR count). The van der Waals surface area contributed by atoms with E-state index < -0.39 is 0 Å². The summed E-state index contributed by atoms with van der Waals surface area (Å²) in [7, 11) is 0. The minimum absolute atomic E-state index is 0.194. The Morgan fingerprint density at radius 1 is 1.15 bits per heavy atom. The van der Waals surface area contributed by atoms with Gasteiger partial charge in [-0.05, 0) is 31.2 Å².